The van der Waals surface area contributed by atoms with Gasteiger partial charge in [0.15, 0.2) is 0 Å². The number of hydrogen-bond donors (Lipinski definition) is 3. The van der Waals surface area contributed by atoms with Crippen molar-refractivity contribution >= 4 is 34.9 Å². The third kappa shape index (κ3) is 8.18. The molecular formula is C31H28F5N3O4. The lowest BCUT2D eigenvalue weighted by molar-refractivity contribution is -0.163. The Bertz CT molecular complexity index is 1500. The Morgan fingerprint density at radius 1 is 0.884 bits per heavy atom. The highest BCUT2D eigenvalue weighted by Crippen LogP contribution is 2.32. The molecule has 0 aliphatic heterocycles. The highest BCUT2D eigenvalue weighted by atomic mass is 19.4. The summed E-state index contributed by atoms with van der Waals surface area (Å²) in [5, 5.41) is 12.9. The Hall–Kier alpha value is -4.74. The molecule has 43 heavy (non-hydrogen) atoms. The van der Waals surface area contributed by atoms with Crippen LogP contribution in [0.3, 0.4) is 0 Å². The molecule has 0 bridgehead atoms. The summed E-state index contributed by atoms with van der Waals surface area (Å²) in [6, 6.07) is 16.4. The van der Waals surface area contributed by atoms with E-state index in [4.69, 9.17) is 5.11 Å². The van der Waals surface area contributed by atoms with Gasteiger partial charge < -0.3 is 15.7 Å². The van der Waals surface area contributed by atoms with Gasteiger partial charge >= 0.3 is 24.1 Å². The topological polar surface area (TPSA) is 98.7 Å². The van der Waals surface area contributed by atoms with Crippen LogP contribution in [0.2, 0.25) is 0 Å². The maximum atomic E-state index is 13.4. The Morgan fingerprint density at radius 3 is 2.19 bits per heavy atom. The van der Waals surface area contributed by atoms with Crippen molar-refractivity contribution in [2.75, 3.05) is 16.8 Å². The number of alkyl halides is 5. The van der Waals surface area contributed by atoms with E-state index in [9.17, 15) is 36.3 Å². The molecule has 0 atom stereocenters. The number of nitrogens with one attached hydrogen (secondary N) is 2. The fraction of sp³-hybridized carbons (Fsp3) is 0.258. The van der Waals surface area contributed by atoms with Gasteiger partial charge in [0.1, 0.15) is 0 Å². The van der Waals surface area contributed by atoms with Crippen LogP contribution in [0.4, 0.5) is 38.1 Å². The van der Waals surface area contributed by atoms with E-state index in [1.807, 2.05) is 17.4 Å². The summed E-state index contributed by atoms with van der Waals surface area (Å²) in [5.41, 5.74) is 2.19. The largest absolute Gasteiger partial charge is 0.477 e. The SMILES string of the molecule is O=C(NCC(F)(F)C(=O)O)c1ccc(CN(C(=O)Nc2cccc(C(F)(F)F)c2)c2ccc(C3=CCCCC3)cc2)cc1. The third-order valence-corrected chi connectivity index (χ3v) is 6.87. The molecule has 7 nitrogen and oxygen atoms in total. The Morgan fingerprint density at radius 2 is 1.58 bits per heavy atom. The highest BCUT2D eigenvalue weighted by Gasteiger charge is 2.39. The second-order valence-corrected chi connectivity index (χ2v) is 10.0. The minimum atomic E-state index is -4.60. The molecule has 0 radical (unpaired) electrons. The van der Waals surface area contributed by atoms with Gasteiger partial charge in [-0.3, -0.25) is 9.69 Å². The van der Waals surface area contributed by atoms with Gasteiger partial charge in [-0.15, -0.1) is 0 Å². The smallest absolute Gasteiger partial charge is 0.416 e. The second-order valence-electron chi connectivity index (χ2n) is 10.0. The summed E-state index contributed by atoms with van der Waals surface area (Å²) in [6.07, 6.45) is 1.71. The average molecular weight is 602 g/mol. The summed E-state index contributed by atoms with van der Waals surface area (Å²) in [6.45, 7) is -1.44. The molecule has 0 heterocycles. The van der Waals surface area contributed by atoms with E-state index in [0.29, 0.717) is 11.3 Å². The van der Waals surface area contributed by atoms with Crippen LogP contribution in [0.15, 0.2) is 78.9 Å². The standard InChI is InChI=1S/C31H28F5N3O4/c32-30(33,28(41)42)19-37-27(40)23-11-9-20(10-12-23)18-39(26-15-13-22(14-16-26)21-5-2-1-3-6-21)29(43)38-25-8-4-7-24(17-25)31(34,35)36/h4-5,7-17H,1-3,6,18-19H2,(H,37,40)(H,38,43)(H,41,42). The van der Waals surface area contributed by atoms with Crippen molar-refractivity contribution in [1.82, 2.24) is 5.32 Å². The number of benzene rings is 3. The molecule has 3 N–H and O–H groups in total. The van der Waals surface area contributed by atoms with Crippen LogP contribution in [0.5, 0.6) is 0 Å². The van der Waals surface area contributed by atoms with Crippen molar-refractivity contribution in [3.63, 3.8) is 0 Å². The first kappa shape index (κ1) is 31.2. The number of carboxylic acids is 1. The van der Waals surface area contributed by atoms with Crippen molar-refractivity contribution in [3.8, 4) is 0 Å². The number of carboxylic acid groups (broad SMARTS) is 1. The number of carbonyl (C=O) groups excluding carboxylic acids is 2. The van der Waals surface area contributed by atoms with Crippen molar-refractivity contribution in [2.45, 2.75) is 44.3 Å². The zero-order valence-corrected chi connectivity index (χ0v) is 22.8. The molecule has 0 spiro atoms. The fourth-order valence-corrected chi connectivity index (χ4v) is 4.51. The Balaban J connectivity index is 1.55. The van der Waals surface area contributed by atoms with E-state index in [1.165, 1.54) is 46.9 Å². The number of aliphatic carboxylic acids is 1. The van der Waals surface area contributed by atoms with Crippen LogP contribution in [-0.4, -0.2) is 35.5 Å². The van der Waals surface area contributed by atoms with Crippen molar-refractivity contribution in [2.24, 2.45) is 0 Å². The molecule has 3 aromatic rings. The number of nitrogens with zero attached hydrogens (tertiary/aromatic N) is 1. The number of rotatable bonds is 9. The quantitative estimate of drug-likeness (QED) is 0.223. The van der Waals surface area contributed by atoms with Gasteiger partial charge in [-0.05, 0) is 84.8 Å². The molecular weight excluding hydrogens is 573 g/mol. The predicted molar refractivity (Wildman–Crippen MR) is 151 cm³/mol. The van der Waals surface area contributed by atoms with Crippen LogP contribution in [0, 0.1) is 0 Å². The first-order chi connectivity index (χ1) is 20.3. The van der Waals surface area contributed by atoms with E-state index >= 15 is 0 Å². The Labute approximate surface area is 244 Å². The van der Waals surface area contributed by atoms with Gasteiger partial charge in [0.2, 0.25) is 0 Å². The van der Waals surface area contributed by atoms with E-state index in [0.717, 1.165) is 43.4 Å². The highest BCUT2D eigenvalue weighted by molar-refractivity contribution is 6.02. The van der Waals surface area contributed by atoms with E-state index in [1.54, 1.807) is 12.1 Å². The van der Waals surface area contributed by atoms with Gasteiger partial charge in [0.25, 0.3) is 5.91 Å². The van der Waals surface area contributed by atoms with Crippen molar-refractivity contribution in [1.29, 1.82) is 0 Å². The lowest BCUT2D eigenvalue weighted by Gasteiger charge is -2.24. The number of amides is 3. The molecule has 4 rings (SSSR count). The maximum absolute atomic E-state index is 13.4. The van der Waals surface area contributed by atoms with Gasteiger partial charge in [-0.2, -0.15) is 22.0 Å². The first-order valence-corrected chi connectivity index (χ1v) is 13.4. The van der Waals surface area contributed by atoms with Crippen LogP contribution in [0.1, 0.15) is 52.7 Å². The second kappa shape index (κ2) is 13.1. The summed E-state index contributed by atoms with van der Waals surface area (Å²) < 4.78 is 66.3. The molecule has 0 unspecified atom stereocenters. The number of carbonyl (C=O) groups is 3. The number of anilines is 2. The van der Waals surface area contributed by atoms with Crippen LogP contribution < -0.4 is 15.5 Å². The molecule has 0 saturated carbocycles. The van der Waals surface area contributed by atoms with Crippen LogP contribution in [-0.2, 0) is 17.5 Å². The summed E-state index contributed by atoms with van der Waals surface area (Å²) in [4.78, 5) is 37.6. The van der Waals surface area contributed by atoms with Gasteiger partial charge in [0.05, 0.1) is 18.7 Å². The van der Waals surface area contributed by atoms with Gasteiger partial charge in [-0.25, -0.2) is 9.59 Å². The van der Waals surface area contributed by atoms with Gasteiger partial charge in [0, 0.05) is 16.9 Å². The lowest BCUT2D eigenvalue weighted by atomic mass is 9.93. The number of halogens is 5. The molecule has 0 fully saturated rings. The zero-order valence-electron chi connectivity index (χ0n) is 22.8. The van der Waals surface area contributed by atoms with E-state index in [2.05, 4.69) is 11.4 Å². The third-order valence-electron chi connectivity index (χ3n) is 6.87. The van der Waals surface area contributed by atoms with Crippen molar-refractivity contribution < 1.29 is 41.4 Å². The normalized spacial score (nSPS) is 13.6. The van der Waals surface area contributed by atoms with Crippen LogP contribution in [0.25, 0.3) is 5.57 Å². The summed E-state index contributed by atoms with van der Waals surface area (Å²) in [5.74, 6) is -7.42. The average Bonchev–Trinajstić information content (AvgIpc) is 2.99. The molecule has 1 aliphatic carbocycles. The van der Waals surface area contributed by atoms with Crippen LogP contribution >= 0.6 is 0 Å². The van der Waals surface area contributed by atoms with E-state index in [-0.39, 0.29) is 17.8 Å². The molecule has 226 valence electrons. The minimum absolute atomic E-state index is 0.0185. The maximum Gasteiger partial charge on any atom is 0.416 e. The molecule has 3 aromatic carbocycles. The molecule has 12 heteroatoms. The summed E-state index contributed by atoms with van der Waals surface area (Å²) >= 11 is 0. The first-order valence-electron chi connectivity index (χ1n) is 13.4. The Kier molecular flexibility index (Phi) is 9.47. The lowest BCUT2D eigenvalue weighted by Crippen LogP contribution is -2.42. The van der Waals surface area contributed by atoms with Gasteiger partial charge in [-0.1, -0.05) is 36.4 Å². The molecule has 0 saturated heterocycles. The monoisotopic (exact) mass is 601 g/mol. The number of urea groups is 1. The fourth-order valence-electron chi connectivity index (χ4n) is 4.51. The number of hydrogen-bond acceptors (Lipinski definition) is 3. The molecule has 1 aliphatic rings. The number of allylic oxidation sites excluding steroid dienone is 2. The van der Waals surface area contributed by atoms with E-state index < -0.39 is 42.1 Å². The molecule has 3 amide bonds. The molecule has 0 aromatic heterocycles. The van der Waals surface area contributed by atoms with Crippen molar-refractivity contribution in [3.05, 3.63) is 101 Å². The zero-order chi connectivity index (χ0) is 31.2. The predicted octanol–water partition coefficient (Wildman–Crippen LogP) is 7.35. The summed E-state index contributed by atoms with van der Waals surface area (Å²) in [7, 11) is 0. The minimum Gasteiger partial charge on any atom is -0.477 e.